The summed E-state index contributed by atoms with van der Waals surface area (Å²) in [6, 6.07) is 12.7. The summed E-state index contributed by atoms with van der Waals surface area (Å²) in [6.45, 7) is 0. The Morgan fingerprint density at radius 2 is 2.00 bits per heavy atom. The molecule has 1 amide bonds. The Kier molecular flexibility index (Phi) is 4.42. The highest BCUT2D eigenvalue weighted by Crippen LogP contribution is 2.29. The number of carbonyl (C=O) groups is 1. The van der Waals surface area contributed by atoms with Gasteiger partial charge in [-0.25, -0.2) is 0 Å². The highest BCUT2D eigenvalue weighted by atomic mass is 16.6. The van der Waals surface area contributed by atoms with Crippen molar-refractivity contribution in [1.29, 1.82) is 0 Å². The summed E-state index contributed by atoms with van der Waals surface area (Å²) in [4.78, 5) is 23.0. The molecule has 0 atom stereocenters. The van der Waals surface area contributed by atoms with Crippen LogP contribution in [0.1, 0.15) is 10.4 Å². The van der Waals surface area contributed by atoms with Gasteiger partial charge in [-0.1, -0.05) is 18.2 Å². The quantitative estimate of drug-likeness (QED) is 0.568. The van der Waals surface area contributed by atoms with Crippen LogP contribution in [-0.2, 0) is 7.05 Å². The number of amides is 1. The maximum Gasteiger partial charge on any atom is 0.270 e. The molecule has 8 nitrogen and oxygen atoms in total. The average Bonchev–Trinajstić information content (AvgIpc) is 3.00. The first kappa shape index (κ1) is 16.2. The number of nitrogens with zero attached hydrogens (tertiary/aromatic N) is 3. The number of rotatable bonds is 5. The van der Waals surface area contributed by atoms with E-state index in [1.165, 1.54) is 29.1 Å². The van der Waals surface area contributed by atoms with Crippen LogP contribution >= 0.6 is 0 Å². The second kappa shape index (κ2) is 6.83. The van der Waals surface area contributed by atoms with E-state index in [1.54, 1.807) is 37.5 Å². The Morgan fingerprint density at radius 3 is 2.64 bits per heavy atom. The van der Waals surface area contributed by atoms with Crippen LogP contribution in [0.25, 0.3) is 0 Å². The summed E-state index contributed by atoms with van der Waals surface area (Å²) < 4.78 is 7.24. The molecule has 0 spiro atoms. The van der Waals surface area contributed by atoms with Crippen molar-refractivity contribution in [3.05, 3.63) is 76.6 Å². The van der Waals surface area contributed by atoms with Crippen molar-refractivity contribution in [1.82, 2.24) is 9.78 Å². The topological polar surface area (TPSA) is 99.3 Å². The third kappa shape index (κ3) is 3.81. The second-order valence-electron chi connectivity index (χ2n) is 5.21. The second-order valence-corrected chi connectivity index (χ2v) is 5.21. The fourth-order valence-electron chi connectivity index (χ4n) is 2.20. The number of aryl methyl sites for hydroxylation is 1. The van der Waals surface area contributed by atoms with E-state index in [9.17, 15) is 14.9 Å². The zero-order valence-electron chi connectivity index (χ0n) is 13.2. The number of anilines is 1. The molecule has 3 rings (SSSR count). The van der Waals surface area contributed by atoms with Crippen molar-refractivity contribution >= 4 is 17.3 Å². The number of carbonyl (C=O) groups excluding carboxylic acids is 1. The molecule has 8 heteroatoms. The van der Waals surface area contributed by atoms with Crippen LogP contribution in [0.3, 0.4) is 0 Å². The first-order valence-corrected chi connectivity index (χ1v) is 7.34. The molecule has 0 aliphatic heterocycles. The third-order valence-electron chi connectivity index (χ3n) is 3.35. The zero-order chi connectivity index (χ0) is 17.8. The lowest BCUT2D eigenvalue weighted by molar-refractivity contribution is -0.384. The van der Waals surface area contributed by atoms with Crippen LogP contribution in [-0.4, -0.2) is 20.6 Å². The van der Waals surface area contributed by atoms with E-state index in [0.29, 0.717) is 11.4 Å². The van der Waals surface area contributed by atoms with Crippen LogP contribution in [0.15, 0.2) is 60.9 Å². The van der Waals surface area contributed by atoms with E-state index < -0.39 is 10.8 Å². The van der Waals surface area contributed by atoms with E-state index >= 15 is 0 Å². The van der Waals surface area contributed by atoms with Gasteiger partial charge in [0, 0.05) is 25.4 Å². The van der Waals surface area contributed by atoms with E-state index in [0.717, 1.165) is 0 Å². The maximum atomic E-state index is 12.6. The van der Waals surface area contributed by atoms with Gasteiger partial charge < -0.3 is 10.1 Å². The predicted molar refractivity (Wildman–Crippen MR) is 90.8 cm³/mol. The number of nitrogens with one attached hydrogen (secondary N) is 1. The maximum absolute atomic E-state index is 12.6. The Morgan fingerprint density at radius 1 is 1.24 bits per heavy atom. The Bertz CT molecular complexity index is 921. The summed E-state index contributed by atoms with van der Waals surface area (Å²) in [5, 5.41) is 17.6. The largest absolute Gasteiger partial charge is 0.457 e. The van der Waals surface area contributed by atoms with Crippen molar-refractivity contribution in [2.75, 3.05) is 5.32 Å². The summed E-state index contributed by atoms with van der Waals surface area (Å²) in [5.41, 5.74) is 0.336. The normalized spacial score (nSPS) is 10.3. The Balaban J connectivity index is 1.94. The number of nitro benzene ring substituents is 1. The molecule has 0 aliphatic carbocycles. The summed E-state index contributed by atoms with van der Waals surface area (Å²) in [5.74, 6) is 0.215. The molecular weight excluding hydrogens is 324 g/mol. The molecule has 1 heterocycles. The molecule has 0 saturated heterocycles. The summed E-state index contributed by atoms with van der Waals surface area (Å²) >= 11 is 0. The molecular formula is C17H14N4O4. The van der Waals surface area contributed by atoms with Crippen LogP contribution in [0.4, 0.5) is 11.4 Å². The monoisotopic (exact) mass is 338 g/mol. The Hall–Kier alpha value is -3.68. The fraction of sp³-hybridized carbons (Fsp3) is 0.0588. The first-order valence-electron chi connectivity index (χ1n) is 7.34. The average molecular weight is 338 g/mol. The molecule has 0 radical (unpaired) electrons. The number of para-hydroxylation sites is 1. The van der Waals surface area contributed by atoms with Gasteiger partial charge in [0.15, 0.2) is 0 Å². The van der Waals surface area contributed by atoms with E-state index in [4.69, 9.17) is 4.74 Å². The van der Waals surface area contributed by atoms with Crippen molar-refractivity contribution in [2.45, 2.75) is 0 Å². The molecule has 0 bridgehead atoms. The smallest absolute Gasteiger partial charge is 0.270 e. The zero-order valence-corrected chi connectivity index (χ0v) is 13.2. The molecule has 0 saturated carbocycles. The number of nitro groups is 1. The van der Waals surface area contributed by atoms with Crippen LogP contribution in [0.5, 0.6) is 11.5 Å². The molecule has 1 aromatic heterocycles. The SMILES string of the molecule is Cn1cc(NC(=O)c2cc([N+](=O)[O-])ccc2Oc2ccccc2)cn1. The van der Waals surface area contributed by atoms with Crippen molar-refractivity contribution in [3.63, 3.8) is 0 Å². The van der Waals surface area contributed by atoms with Gasteiger partial charge in [-0.05, 0) is 18.2 Å². The lowest BCUT2D eigenvalue weighted by atomic mass is 10.1. The van der Waals surface area contributed by atoms with Gasteiger partial charge in [0.2, 0.25) is 0 Å². The van der Waals surface area contributed by atoms with Gasteiger partial charge in [-0.2, -0.15) is 5.10 Å². The lowest BCUT2D eigenvalue weighted by Gasteiger charge is -2.11. The molecule has 25 heavy (non-hydrogen) atoms. The highest BCUT2D eigenvalue weighted by molar-refractivity contribution is 6.06. The number of non-ortho nitro benzene ring substituents is 1. The van der Waals surface area contributed by atoms with Crippen LogP contribution < -0.4 is 10.1 Å². The number of benzene rings is 2. The van der Waals surface area contributed by atoms with E-state index in [1.807, 2.05) is 6.07 Å². The number of aromatic nitrogens is 2. The van der Waals surface area contributed by atoms with Gasteiger partial charge in [-0.15, -0.1) is 0 Å². The summed E-state index contributed by atoms with van der Waals surface area (Å²) in [6.07, 6.45) is 3.10. The molecule has 3 aromatic rings. The van der Waals surface area contributed by atoms with Gasteiger partial charge in [0.1, 0.15) is 11.5 Å². The molecule has 0 fully saturated rings. The number of hydrogen-bond donors (Lipinski definition) is 1. The minimum Gasteiger partial charge on any atom is -0.457 e. The minimum absolute atomic E-state index is 0.0573. The molecule has 1 N–H and O–H groups in total. The van der Waals surface area contributed by atoms with Crippen molar-refractivity contribution in [3.8, 4) is 11.5 Å². The van der Waals surface area contributed by atoms with Crippen LogP contribution in [0, 0.1) is 10.1 Å². The van der Waals surface area contributed by atoms with Gasteiger partial charge in [0.25, 0.3) is 11.6 Å². The molecule has 126 valence electrons. The fourth-order valence-corrected chi connectivity index (χ4v) is 2.20. The molecule has 2 aromatic carbocycles. The third-order valence-corrected chi connectivity index (χ3v) is 3.35. The Labute approximate surface area is 142 Å². The van der Waals surface area contributed by atoms with Crippen molar-refractivity contribution in [2.24, 2.45) is 7.05 Å². The highest BCUT2D eigenvalue weighted by Gasteiger charge is 2.19. The standard InChI is InChI=1S/C17H14N4O4/c1-20-11-12(10-18-20)19-17(22)15-9-13(21(23)24)7-8-16(15)25-14-5-3-2-4-6-14/h2-11H,1H3,(H,19,22). The van der Waals surface area contributed by atoms with E-state index in [2.05, 4.69) is 10.4 Å². The van der Waals surface area contributed by atoms with Gasteiger partial charge in [0.05, 0.1) is 22.4 Å². The van der Waals surface area contributed by atoms with E-state index in [-0.39, 0.29) is 17.0 Å². The number of hydrogen-bond acceptors (Lipinski definition) is 5. The minimum atomic E-state index is -0.562. The predicted octanol–water partition coefficient (Wildman–Crippen LogP) is 3.37. The van der Waals surface area contributed by atoms with Gasteiger partial charge in [-0.3, -0.25) is 19.6 Å². The number of ether oxygens (including phenoxy) is 1. The molecule has 0 aliphatic rings. The molecule has 0 unspecified atom stereocenters. The van der Waals surface area contributed by atoms with Crippen LogP contribution in [0.2, 0.25) is 0 Å². The lowest BCUT2D eigenvalue weighted by Crippen LogP contribution is -2.13. The summed E-state index contributed by atoms with van der Waals surface area (Å²) in [7, 11) is 1.72. The van der Waals surface area contributed by atoms with Crippen molar-refractivity contribution < 1.29 is 14.5 Å². The van der Waals surface area contributed by atoms with Gasteiger partial charge >= 0.3 is 0 Å². The first-order chi connectivity index (χ1) is 12.0.